The average molecular weight is 1900 g/mol. The number of aliphatic hydroxyl groups excluding tert-OH is 1. The molecule has 4 aliphatic rings. The van der Waals surface area contributed by atoms with Crippen LogP contribution in [-0.4, -0.2) is 315 Å². The Hall–Kier alpha value is -11.3. The highest BCUT2D eigenvalue weighted by atomic mass is 32.2. The molecule has 4 saturated heterocycles. The largest absolute Gasteiger partial charge is 0.463 e. The topological polar surface area (TPSA) is 609 Å². The third-order valence-corrected chi connectivity index (χ3v) is 22.6. The molecule has 0 bridgehead atoms. The number of benzene rings is 3. The number of rotatable bonds is 41. The van der Waals surface area contributed by atoms with Crippen molar-refractivity contribution < 1.29 is 189 Å². The number of aliphatic hydroxyl groups is 1. The van der Waals surface area contributed by atoms with Crippen LogP contribution in [0.2, 0.25) is 0 Å². The van der Waals surface area contributed by atoms with Crippen molar-refractivity contribution in [3.63, 3.8) is 0 Å². The third-order valence-electron chi connectivity index (χ3n) is 19.2. The zero-order valence-corrected chi connectivity index (χ0v) is 76.2. The molecule has 0 aromatic heterocycles. The summed E-state index contributed by atoms with van der Waals surface area (Å²) in [5.41, 5.74) is 0.674. The van der Waals surface area contributed by atoms with Crippen molar-refractivity contribution in [1.29, 1.82) is 0 Å². The number of esters is 10. The predicted octanol–water partition coefficient (Wildman–Crippen LogP) is -1.56. The Kier molecular flexibility index (Phi) is 42.6. The maximum absolute atomic E-state index is 13.9. The van der Waals surface area contributed by atoms with Crippen molar-refractivity contribution in [3.05, 3.63) is 96.6 Å². The predicted molar refractivity (Wildman–Crippen MR) is 440 cm³/mol. The number of carbonyl (C=O) groups is 16. The van der Waals surface area contributed by atoms with Gasteiger partial charge in [-0.05, 0) is 57.5 Å². The van der Waals surface area contributed by atoms with Crippen LogP contribution in [0.25, 0.3) is 0 Å². The Morgan fingerprint density at radius 3 is 0.969 bits per heavy atom. The molecule has 131 heavy (non-hydrogen) atoms. The van der Waals surface area contributed by atoms with Gasteiger partial charge in [-0.1, -0.05) is 66.7 Å². The van der Waals surface area contributed by atoms with Crippen LogP contribution < -0.4 is 31.9 Å². The van der Waals surface area contributed by atoms with E-state index >= 15 is 0 Å². The summed E-state index contributed by atoms with van der Waals surface area (Å²) in [6, 6.07) is 15.1. The van der Waals surface area contributed by atoms with Crippen LogP contribution in [0.15, 0.2) is 101 Å². The quantitative estimate of drug-likeness (QED) is 0.0249. The molecule has 4 heterocycles. The van der Waals surface area contributed by atoms with Crippen LogP contribution in [0.5, 0.6) is 0 Å². The molecule has 24 atom stereocenters. The Balaban J connectivity index is 0.000000406. The van der Waals surface area contributed by atoms with E-state index in [1.807, 2.05) is 0 Å². The van der Waals surface area contributed by atoms with Gasteiger partial charge in [0.05, 0.1) is 27.9 Å². The molecule has 3 aromatic rings. The van der Waals surface area contributed by atoms with E-state index in [1.54, 1.807) is 54.6 Å². The summed E-state index contributed by atoms with van der Waals surface area (Å²) < 4.78 is 160. The first kappa shape index (κ1) is 108. The maximum Gasteiger partial charge on any atom is 0.328 e. The normalized spacial score (nSPS) is 26.1. The highest BCUT2D eigenvalue weighted by Gasteiger charge is 2.59. The van der Waals surface area contributed by atoms with E-state index in [0.29, 0.717) is 5.56 Å². The molecule has 0 aliphatic carbocycles. The van der Waals surface area contributed by atoms with Gasteiger partial charge in [0.1, 0.15) is 137 Å². The second-order valence-corrected chi connectivity index (χ2v) is 34.4. The lowest BCUT2D eigenvalue weighted by Gasteiger charge is -2.50. The standard InChI is InChI=1S/C45H59N3O20S.C38H53N3O20S/c1-24(43(56)59-19-20-69(57,58)33-17-13-10-14-18-33)46-42(55)25(2)63-40-36(47-26(3)49)44(62-21-32-15-11-9-12-16-32)66-35(23-61-29(6)52)39(40)68-45-37(48-27(4)50)41(65-31(8)54)38(64-30(7)53)34(67-45)22-60-28(5)51;1-18(36(49)53-14-15-62(51,52)26-12-10-9-11-13-26)39-35(48)19(2)56-33-29(40-20(3)42)37(50)59-27(16-54-22(5)44)32(33)61-38-30(41-21(4)43)34(58-25(8)47)31(57-24(7)46)28(60-38)17-55-23(6)45/h9-18,24-25,34-41,44-45H,19-23H2,1-8H3,(H,46,55)(H,47,49)(H,48,50);9-13,18-19,27-34,37-38,50H,14-17H2,1-8H3,(H,39,48)(H,40,42)(H,41,43)/t24-,25+,34+,35+,36+,37+,38+,39?,40+,41+,44-,45-;18-,19+,27+,28+,29+,30+,31+,32?,33+,34+,37-,38-/m00/s1. The molecule has 2 unspecified atom stereocenters. The fourth-order valence-electron chi connectivity index (χ4n) is 13.6. The summed E-state index contributed by atoms with van der Waals surface area (Å²) in [6.07, 6.45) is -28.5. The maximum atomic E-state index is 13.9. The summed E-state index contributed by atoms with van der Waals surface area (Å²) in [7, 11) is -7.60. The fourth-order valence-corrected chi connectivity index (χ4v) is 15.8. The smallest absolute Gasteiger partial charge is 0.328 e. The minimum absolute atomic E-state index is 0.0226. The van der Waals surface area contributed by atoms with E-state index in [9.17, 15) is 98.7 Å². The molecule has 6 amide bonds. The van der Waals surface area contributed by atoms with Gasteiger partial charge in [0, 0.05) is 83.1 Å². The van der Waals surface area contributed by atoms with Crippen LogP contribution in [-0.2, 0) is 193 Å². The van der Waals surface area contributed by atoms with E-state index in [0.717, 1.165) is 76.2 Å². The summed E-state index contributed by atoms with van der Waals surface area (Å²) in [5, 5.41) is 26.3. The van der Waals surface area contributed by atoms with E-state index in [-0.39, 0.29) is 16.4 Å². The van der Waals surface area contributed by atoms with Gasteiger partial charge in [-0.25, -0.2) is 26.4 Å². The molecule has 4 aliphatic heterocycles. The first-order valence-corrected chi connectivity index (χ1v) is 44.2. The summed E-state index contributed by atoms with van der Waals surface area (Å²) in [5.74, 6) is -14.4. The van der Waals surface area contributed by atoms with Crippen LogP contribution in [0.4, 0.5) is 0 Å². The molecule has 726 valence electrons. The van der Waals surface area contributed by atoms with Crippen molar-refractivity contribution in [1.82, 2.24) is 31.9 Å². The van der Waals surface area contributed by atoms with E-state index in [4.69, 9.17) is 90.0 Å². The van der Waals surface area contributed by atoms with Crippen molar-refractivity contribution in [2.45, 2.75) is 274 Å². The van der Waals surface area contributed by atoms with Crippen LogP contribution in [0, 0.1) is 0 Å². The number of hydrogen-bond acceptors (Lipinski definition) is 40. The molecule has 0 radical (unpaired) electrons. The lowest BCUT2D eigenvalue weighted by Crippen LogP contribution is -2.71. The van der Waals surface area contributed by atoms with Gasteiger partial charge in [0.2, 0.25) is 35.4 Å². The molecule has 46 nitrogen and oxygen atoms in total. The van der Waals surface area contributed by atoms with Gasteiger partial charge in [-0.15, -0.1) is 0 Å². The second kappa shape index (κ2) is 51.5. The molecular formula is C83H112N6O40S2. The van der Waals surface area contributed by atoms with Gasteiger partial charge in [0.15, 0.2) is 69.3 Å². The zero-order chi connectivity index (χ0) is 97.5. The average Bonchev–Trinajstić information content (AvgIpc) is 0.760. The zero-order valence-electron chi connectivity index (χ0n) is 74.6. The van der Waals surface area contributed by atoms with Gasteiger partial charge in [0.25, 0.3) is 0 Å². The Bertz CT molecular complexity index is 4670. The molecular weight excluding hydrogens is 1790 g/mol. The number of hydrogen-bond donors (Lipinski definition) is 7. The number of nitrogens with one attached hydrogen (secondary N) is 6. The molecule has 7 N–H and O–H groups in total. The third kappa shape index (κ3) is 34.7. The summed E-state index contributed by atoms with van der Waals surface area (Å²) in [6.45, 7) is 14.5. The van der Waals surface area contributed by atoms with Crippen molar-refractivity contribution in [2.75, 3.05) is 51.1 Å². The van der Waals surface area contributed by atoms with E-state index < -0.39 is 313 Å². The summed E-state index contributed by atoms with van der Waals surface area (Å²) in [4.78, 5) is 202. The molecule has 4 fully saturated rings. The van der Waals surface area contributed by atoms with E-state index in [2.05, 4.69) is 31.9 Å². The van der Waals surface area contributed by atoms with Crippen molar-refractivity contribution in [3.8, 4) is 0 Å². The lowest BCUT2D eigenvalue weighted by atomic mass is 9.93. The SMILES string of the molecule is CC(=O)N[C@H]1[C@H](OC2[C@@H](COC(C)=O)O[C@H](O)[C@H](NC(C)=O)[C@H]2O[C@H](C)C(=O)N[C@@H](C)C(=O)OCCS(=O)(=O)c2ccccc2)O[C@H](COC(C)=O)[C@@H](OC(C)=O)[C@@H]1OC(C)=O.CC(=O)N[C@H]1[C@H](OC2[C@@H](COC(C)=O)O[C@H](OCc3ccccc3)[C@H](NC(C)=O)[C@H]2O[C@H](C)C(=O)N[C@@H](C)C(=O)OCCS(=O)(=O)c2ccccc2)O[C@H](COC(C)=O)[C@@H](OC(C)=O)[C@@H]1OC(C)=O. The fraction of sp³-hybridized carbons (Fsp3) is 0.590. The van der Waals surface area contributed by atoms with Gasteiger partial charge in [-0.2, -0.15) is 0 Å². The lowest BCUT2D eigenvalue weighted by molar-refractivity contribution is -0.339. The first-order chi connectivity index (χ1) is 61.5. The first-order valence-electron chi connectivity index (χ1n) is 40.9. The highest BCUT2D eigenvalue weighted by Crippen LogP contribution is 2.37. The molecule has 0 spiro atoms. The van der Waals surface area contributed by atoms with Crippen molar-refractivity contribution in [2.24, 2.45) is 0 Å². The van der Waals surface area contributed by atoms with Crippen LogP contribution in [0.3, 0.4) is 0 Å². The van der Waals surface area contributed by atoms with Gasteiger partial charge >= 0.3 is 59.7 Å². The number of amides is 6. The number of ether oxygens (including phenoxy) is 19. The molecule has 7 rings (SSSR count). The molecule has 48 heteroatoms. The Labute approximate surface area is 753 Å². The monoisotopic (exact) mass is 1900 g/mol. The minimum Gasteiger partial charge on any atom is -0.463 e. The molecule has 3 aromatic carbocycles. The van der Waals surface area contributed by atoms with Gasteiger partial charge in [-0.3, -0.25) is 67.1 Å². The Morgan fingerprint density at radius 2 is 0.641 bits per heavy atom. The number of carbonyl (C=O) groups excluding carboxylic acids is 16. The Morgan fingerprint density at radius 1 is 0.351 bits per heavy atom. The highest BCUT2D eigenvalue weighted by molar-refractivity contribution is 7.91. The van der Waals surface area contributed by atoms with Crippen LogP contribution in [0.1, 0.15) is 116 Å². The molecule has 0 saturated carbocycles. The summed E-state index contributed by atoms with van der Waals surface area (Å²) >= 11 is 0. The van der Waals surface area contributed by atoms with E-state index in [1.165, 1.54) is 71.0 Å². The minimum atomic E-state index is -3.80. The second-order valence-electron chi connectivity index (χ2n) is 30.1. The number of sulfone groups is 2. The van der Waals surface area contributed by atoms with Gasteiger partial charge < -0.3 is 127 Å². The van der Waals surface area contributed by atoms with Crippen molar-refractivity contribution >= 4 is 115 Å². The van der Waals surface area contributed by atoms with Crippen LogP contribution >= 0.6 is 0 Å².